The monoisotopic (exact) mass is 556 g/mol. The molecule has 5 rings (SSSR count). The largest absolute Gasteiger partial charge is 0.494 e. The molecular formula is C31H32N4O6. The molecule has 41 heavy (non-hydrogen) atoms. The lowest BCUT2D eigenvalue weighted by molar-refractivity contribution is -0.120. The van der Waals surface area contributed by atoms with Gasteiger partial charge in [-0.2, -0.15) is 0 Å². The van der Waals surface area contributed by atoms with Gasteiger partial charge in [0.1, 0.15) is 11.5 Å². The van der Waals surface area contributed by atoms with E-state index in [1.165, 1.54) is 14.2 Å². The number of hydrogen-bond donors (Lipinski definition) is 3. The van der Waals surface area contributed by atoms with Crippen LogP contribution in [0.15, 0.2) is 82.0 Å². The minimum Gasteiger partial charge on any atom is -0.494 e. The number of allylic oxidation sites excluding steroid dienone is 3. The zero-order valence-electron chi connectivity index (χ0n) is 23.6. The first-order valence-electron chi connectivity index (χ1n) is 13.3. The lowest BCUT2D eigenvalue weighted by Gasteiger charge is -2.31. The highest BCUT2D eigenvalue weighted by Crippen LogP contribution is 2.44. The lowest BCUT2D eigenvalue weighted by Crippen LogP contribution is -2.48. The Balaban J connectivity index is 1.58. The van der Waals surface area contributed by atoms with Gasteiger partial charge in [0.05, 0.1) is 32.1 Å². The van der Waals surface area contributed by atoms with Gasteiger partial charge >= 0.3 is 0 Å². The summed E-state index contributed by atoms with van der Waals surface area (Å²) in [7, 11) is 3.01. The standard InChI is InChI=1S/C31H32N4O6/c1-6-32-30(38)27-25(18-9-12-22(40-4)23(14-18)41-5)26-28(37)21(33-29(26)34-31(27)39)13-19-15-24(36)35(17(19)3)20-10-7-16(2)8-11-20/h7-14,25-26,32,38H,6,15H2,1-5H3,(H,33,34,39). The first-order chi connectivity index (χ1) is 19.7. The van der Waals surface area contributed by atoms with E-state index in [1.54, 1.807) is 36.1 Å². The number of amidine groups is 1. The number of ether oxygens (including phenoxy) is 2. The maximum atomic E-state index is 14.0. The number of aryl methyl sites for hydroxylation is 1. The van der Waals surface area contributed by atoms with Crippen LogP contribution in [0.1, 0.15) is 37.3 Å². The van der Waals surface area contributed by atoms with Crippen molar-refractivity contribution in [1.82, 2.24) is 10.6 Å². The van der Waals surface area contributed by atoms with Crippen LogP contribution in [0.25, 0.3) is 0 Å². The van der Waals surface area contributed by atoms with Gasteiger partial charge in [-0.15, -0.1) is 0 Å². The second-order valence-electron chi connectivity index (χ2n) is 10.1. The number of amides is 2. The number of ketones is 1. The van der Waals surface area contributed by atoms with Gasteiger partial charge in [0.2, 0.25) is 5.91 Å². The number of nitrogens with zero attached hydrogens (tertiary/aromatic N) is 2. The molecule has 1 fully saturated rings. The van der Waals surface area contributed by atoms with Crippen molar-refractivity contribution < 1.29 is 29.0 Å². The Morgan fingerprint density at radius 3 is 2.44 bits per heavy atom. The molecule has 3 heterocycles. The van der Waals surface area contributed by atoms with Crippen molar-refractivity contribution in [2.45, 2.75) is 33.1 Å². The molecule has 2 unspecified atom stereocenters. The highest BCUT2D eigenvalue weighted by molar-refractivity contribution is 6.25. The predicted octanol–water partition coefficient (Wildman–Crippen LogP) is 3.80. The average Bonchev–Trinajstić information content (AvgIpc) is 3.41. The topological polar surface area (TPSA) is 130 Å². The number of carbonyl (C=O) groups is 3. The van der Waals surface area contributed by atoms with Crippen LogP contribution in [-0.2, 0) is 14.4 Å². The number of anilines is 1. The van der Waals surface area contributed by atoms with E-state index in [1.807, 2.05) is 38.1 Å². The molecule has 2 atom stereocenters. The third kappa shape index (κ3) is 4.86. The smallest absolute Gasteiger partial charge is 0.258 e. The summed E-state index contributed by atoms with van der Waals surface area (Å²) in [6.07, 6.45) is 1.74. The highest BCUT2D eigenvalue weighted by Gasteiger charge is 2.49. The van der Waals surface area contributed by atoms with Gasteiger partial charge in [-0.1, -0.05) is 23.8 Å². The van der Waals surface area contributed by atoms with E-state index < -0.39 is 17.7 Å². The average molecular weight is 557 g/mol. The highest BCUT2D eigenvalue weighted by atomic mass is 16.5. The van der Waals surface area contributed by atoms with E-state index in [-0.39, 0.29) is 41.1 Å². The van der Waals surface area contributed by atoms with Crippen molar-refractivity contribution >= 4 is 29.1 Å². The molecule has 0 aliphatic carbocycles. The van der Waals surface area contributed by atoms with Crippen LogP contribution >= 0.6 is 0 Å². The number of aliphatic imine (C=N–C) groups is 1. The maximum absolute atomic E-state index is 14.0. The zero-order valence-corrected chi connectivity index (χ0v) is 23.6. The molecule has 0 spiro atoms. The van der Waals surface area contributed by atoms with Crippen molar-refractivity contribution in [1.29, 1.82) is 0 Å². The van der Waals surface area contributed by atoms with Gasteiger partial charge in [-0.05, 0) is 62.2 Å². The van der Waals surface area contributed by atoms with E-state index in [4.69, 9.17) is 9.47 Å². The molecule has 1 saturated heterocycles. The summed E-state index contributed by atoms with van der Waals surface area (Å²) >= 11 is 0. The van der Waals surface area contributed by atoms with E-state index in [9.17, 15) is 19.5 Å². The van der Waals surface area contributed by atoms with Gasteiger partial charge in [0, 0.05) is 23.8 Å². The summed E-state index contributed by atoms with van der Waals surface area (Å²) < 4.78 is 10.8. The van der Waals surface area contributed by atoms with Crippen LogP contribution in [0.2, 0.25) is 0 Å². The van der Waals surface area contributed by atoms with Crippen LogP contribution in [0.4, 0.5) is 5.69 Å². The molecule has 212 valence electrons. The molecular weight excluding hydrogens is 524 g/mol. The second-order valence-corrected chi connectivity index (χ2v) is 10.1. The second kappa shape index (κ2) is 11.0. The van der Waals surface area contributed by atoms with Crippen molar-refractivity contribution in [3.05, 3.63) is 88.1 Å². The fraction of sp³-hybridized carbons (Fsp3) is 0.290. The van der Waals surface area contributed by atoms with E-state index in [2.05, 4.69) is 15.6 Å². The molecule has 3 aliphatic rings. The van der Waals surface area contributed by atoms with E-state index in [0.717, 1.165) is 11.3 Å². The van der Waals surface area contributed by atoms with E-state index in [0.29, 0.717) is 34.9 Å². The molecule has 2 aromatic carbocycles. The Morgan fingerprint density at radius 1 is 1.07 bits per heavy atom. The molecule has 10 heteroatoms. The summed E-state index contributed by atoms with van der Waals surface area (Å²) in [5.41, 5.74) is 3.93. The number of aliphatic hydroxyl groups excluding tert-OH is 1. The van der Waals surface area contributed by atoms with Crippen molar-refractivity contribution in [2.75, 3.05) is 25.7 Å². The number of carbonyl (C=O) groups excluding carboxylic acids is 3. The Morgan fingerprint density at radius 2 is 1.78 bits per heavy atom. The zero-order chi connectivity index (χ0) is 29.4. The van der Waals surface area contributed by atoms with Gasteiger partial charge in [-0.25, -0.2) is 4.99 Å². The number of nitrogens with one attached hydrogen (secondary N) is 2. The third-order valence-electron chi connectivity index (χ3n) is 7.56. The van der Waals surface area contributed by atoms with Crippen LogP contribution in [0.5, 0.6) is 11.5 Å². The van der Waals surface area contributed by atoms with Crippen molar-refractivity contribution in [2.24, 2.45) is 10.9 Å². The van der Waals surface area contributed by atoms with Crippen LogP contribution in [-0.4, -0.2) is 49.3 Å². The number of rotatable bonds is 7. The molecule has 10 nitrogen and oxygen atoms in total. The predicted molar refractivity (Wildman–Crippen MR) is 154 cm³/mol. The van der Waals surface area contributed by atoms with Gasteiger partial charge in [-0.3, -0.25) is 19.3 Å². The minimum atomic E-state index is -0.904. The quantitative estimate of drug-likeness (QED) is 0.349. The number of aliphatic hydroxyl groups is 1. The summed E-state index contributed by atoms with van der Waals surface area (Å²) in [6, 6.07) is 12.8. The summed E-state index contributed by atoms with van der Waals surface area (Å²) in [4.78, 5) is 46.4. The van der Waals surface area contributed by atoms with Gasteiger partial charge in [0.25, 0.3) is 5.91 Å². The Bertz CT molecular complexity index is 1570. The number of fused-ring (bicyclic) bond motifs is 1. The Hall–Kier alpha value is -4.86. The molecule has 3 aliphatic heterocycles. The fourth-order valence-electron chi connectivity index (χ4n) is 5.52. The van der Waals surface area contributed by atoms with Crippen molar-refractivity contribution in [3.8, 4) is 11.5 Å². The normalized spacial score (nSPS) is 22.6. The number of methoxy groups -OCH3 is 2. The third-order valence-corrected chi connectivity index (χ3v) is 7.56. The molecule has 0 aromatic heterocycles. The van der Waals surface area contributed by atoms with Crippen molar-refractivity contribution in [3.63, 3.8) is 0 Å². The Kier molecular flexibility index (Phi) is 7.40. The SMILES string of the molecule is CCNC(O)=C1C(=O)NC2=NC(=CC3=C(C)N(c4ccc(C)cc4)C(=O)C3)C(=O)C2C1c1ccc(OC)c(OC)c1. The molecule has 0 radical (unpaired) electrons. The van der Waals surface area contributed by atoms with Gasteiger partial charge in [0.15, 0.2) is 23.2 Å². The number of piperidine rings is 1. The maximum Gasteiger partial charge on any atom is 0.258 e. The van der Waals surface area contributed by atoms with Crippen LogP contribution < -0.4 is 25.0 Å². The lowest BCUT2D eigenvalue weighted by atomic mass is 9.75. The van der Waals surface area contributed by atoms with Crippen LogP contribution in [0, 0.1) is 12.8 Å². The molecule has 2 amide bonds. The fourth-order valence-corrected chi connectivity index (χ4v) is 5.52. The number of benzene rings is 2. The Labute approximate surface area is 238 Å². The summed E-state index contributed by atoms with van der Waals surface area (Å²) in [5, 5.41) is 16.4. The molecule has 3 N–H and O–H groups in total. The number of Topliss-reactive ketones (excluding diaryl/α,β-unsaturated/α-hetero) is 1. The van der Waals surface area contributed by atoms with Crippen LogP contribution in [0.3, 0.4) is 0 Å². The van der Waals surface area contributed by atoms with E-state index >= 15 is 0 Å². The first kappa shape index (κ1) is 27.7. The molecule has 0 bridgehead atoms. The number of hydrogen-bond acceptors (Lipinski definition) is 8. The van der Waals surface area contributed by atoms with Gasteiger partial charge < -0.3 is 25.2 Å². The minimum absolute atomic E-state index is 0.0228. The first-order valence-corrected chi connectivity index (χ1v) is 13.3. The molecule has 2 aromatic rings. The summed E-state index contributed by atoms with van der Waals surface area (Å²) in [5.74, 6) is -1.99. The summed E-state index contributed by atoms with van der Waals surface area (Å²) in [6.45, 7) is 5.96. The molecule has 0 saturated carbocycles.